The number of methoxy groups -OCH3 is 1. The van der Waals surface area contributed by atoms with Crippen molar-refractivity contribution >= 4 is 10.9 Å². The van der Waals surface area contributed by atoms with Gasteiger partial charge in [-0.1, -0.05) is 30.3 Å². The molecule has 0 bridgehead atoms. The molecule has 1 aliphatic heterocycles. The van der Waals surface area contributed by atoms with Gasteiger partial charge in [0.15, 0.2) is 0 Å². The second-order valence-corrected chi connectivity index (χ2v) is 8.54. The molecule has 1 fully saturated rings. The van der Waals surface area contributed by atoms with E-state index < -0.39 is 6.10 Å². The van der Waals surface area contributed by atoms with Gasteiger partial charge in [-0.05, 0) is 55.9 Å². The summed E-state index contributed by atoms with van der Waals surface area (Å²) in [5, 5.41) is 12.3. The molecule has 154 valence electrons. The number of fused-ring (bicyclic) bond motifs is 1. The molecule has 0 radical (unpaired) electrons. The second-order valence-electron chi connectivity index (χ2n) is 8.54. The van der Waals surface area contributed by atoms with Crippen molar-refractivity contribution in [3.8, 4) is 5.75 Å². The number of ether oxygens (including phenoxy) is 1. The Labute approximate surface area is 173 Å². The highest BCUT2D eigenvalue weighted by Crippen LogP contribution is 2.32. The maximum atomic E-state index is 11.2. The van der Waals surface area contributed by atoms with E-state index >= 15 is 0 Å². The van der Waals surface area contributed by atoms with Crippen LogP contribution in [0.2, 0.25) is 0 Å². The quantitative estimate of drug-likeness (QED) is 0.676. The number of piperidine rings is 1. The van der Waals surface area contributed by atoms with Crippen LogP contribution < -0.4 is 9.64 Å². The summed E-state index contributed by atoms with van der Waals surface area (Å²) >= 11 is 0. The van der Waals surface area contributed by atoms with Crippen molar-refractivity contribution in [1.29, 1.82) is 0 Å². The van der Waals surface area contributed by atoms with E-state index in [0.29, 0.717) is 0 Å². The third kappa shape index (κ3) is 4.19. The monoisotopic (exact) mass is 393 g/mol. The zero-order valence-corrected chi connectivity index (χ0v) is 17.8. The third-order valence-corrected chi connectivity index (χ3v) is 6.74. The van der Waals surface area contributed by atoms with Crippen LogP contribution in [0.5, 0.6) is 5.75 Å². The number of likely N-dealkylation sites (tertiary alicyclic amines) is 1. The first-order chi connectivity index (χ1) is 14.1. The van der Waals surface area contributed by atoms with E-state index in [9.17, 15) is 5.11 Å². The number of hydrogen-bond donors (Lipinski definition) is 2. The van der Waals surface area contributed by atoms with Crippen molar-refractivity contribution in [2.45, 2.75) is 32.3 Å². The lowest BCUT2D eigenvalue weighted by Crippen LogP contribution is -3.13. The van der Waals surface area contributed by atoms with Crippen molar-refractivity contribution in [2.24, 2.45) is 13.0 Å². The number of quaternary nitrogens is 1. The van der Waals surface area contributed by atoms with Crippen LogP contribution in [0.1, 0.15) is 35.8 Å². The lowest BCUT2D eigenvalue weighted by atomic mass is 9.90. The summed E-state index contributed by atoms with van der Waals surface area (Å²) in [5.74, 6) is 1.60. The molecule has 4 nitrogen and oxygen atoms in total. The van der Waals surface area contributed by atoms with E-state index in [1.807, 2.05) is 6.07 Å². The second kappa shape index (κ2) is 8.60. The van der Waals surface area contributed by atoms with Crippen molar-refractivity contribution < 1.29 is 14.7 Å². The van der Waals surface area contributed by atoms with E-state index in [4.69, 9.17) is 4.74 Å². The highest BCUT2D eigenvalue weighted by molar-refractivity contribution is 5.87. The van der Waals surface area contributed by atoms with Crippen molar-refractivity contribution in [3.63, 3.8) is 0 Å². The topological polar surface area (TPSA) is 38.8 Å². The summed E-state index contributed by atoms with van der Waals surface area (Å²) in [4.78, 5) is 1.51. The smallest absolute Gasteiger partial charge is 0.130 e. The Morgan fingerprint density at radius 3 is 2.55 bits per heavy atom. The molecule has 1 aliphatic rings. The molecule has 0 unspecified atom stereocenters. The first kappa shape index (κ1) is 20.0. The largest absolute Gasteiger partial charge is 0.497 e. The number of aliphatic hydroxyl groups is 1. The number of nitrogens with zero attached hydrogens (tertiary/aromatic N) is 1. The van der Waals surface area contributed by atoms with E-state index in [1.54, 1.807) is 7.11 Å². The van der Waals surface area contributed by atoms with Crippen LogP contribution in [0.15, 0.2) is 48.5 Å². The lowest BCUT2D eigenvalue weighted by molar-refractivity contribution is -0.910. The van der Waals surface area contributed by atoms with Gasteiger partial charge in [0.2, 0.25) is 0 Å². The SMILES string of the molecule is COc1ccc2c(c1)c([C@H](O)C[NH+]1CCC(Cc3ccccc3)CC1)c(C)n2C. The third-order valence-electron chi connectivity index (χ3n) is 6.74. The van der Waals surface area contributed by atoms with Crippen LogP contribution in [0.4, 0.5) is 0 Å². The van der Waals surface area contributed by atoms with Gasteiger partial charge in [0.1, 0.15) is 18.4 Å². The highest BCUT2D eigenvalue weighted by Gasteiger charge is 2.27. The van der Waals surface area contributed by atoms with E-state index in [-0.39, 0.29) is 0 Å². The molecule has 2 heterocycles. The van der Waals surface area contributed by atoms with Crippen LogP contribution in [0, 0.1) is 12.8 Å². The summed E-state index contributed by atoms with van der Waals surface area (Å²) in [7, 11) is 3.76. The van der Waals surface area contributed by atoms with Crippen LogP contribution in [-0.4, -0.2) is 36.4 Å². The van der Waals surface area contributed by atoms with Gasteiger partial charge in [-0.25, -0.2) is 0 Å². The molecule has 4 heteroatoms. The Morgan fingerprint density at radius 1 is 1.14 bits per heavy atom. The Kier molecular flexibility index (Phi) is 5.93. The van der Waals surface area contributed by atoms with Gasteiger partial charge in [-0.15, -0.1) is 0 Å². The predicted molar refractivity (Wildman–Crippen MR) is 118 cm³/mol. The molecule has 1 aromatic heterocycles. The lowest BCUT2D eigenvalue weighted by Gasteiger charge is -2.30. The van der Waals surface area contributed by atoms with Crippen molar-refractivity contribution in [2.75, 3.05) is 26.7 Å². The van der Waals surface area contributed by atoms with Crippen LogP contribution in [0.3, 0.4) is 0 Å². The Balaban J connectivity index is 1.42. The molecule has 1 saturated heterocycles. The number of benzene rings is 2. The van der Waals surface area contributed by atoms with Crippen molar-refractivity contribution in [1.82, 2.24) is 4.57 Å². The minimum atomic E-state index is -0.452. The molecule has 0 spiro atoms. The first-order valence-electron chi connectivity index (χ1n) is 10.7. The fourth-order valence-electron chi connectivity index (χ4n) is 4.94. The first-order valence-corrected chi connectivity index (χ1v) is 10.7. The van der Waals surface area contributed by atoms with Crippen LogP contribution >= 0.6 is 0 Å². The van der Waals surface area contributed by atoms with Gasteiger partial charge in [0.05, 0.1) is 20.2 Å². The standard InChI is InChI=1S/C25H32N2O2/c1-18-25(22-16-21(29-3)9-10-23(22)26(18)2)24(28)17-27-13-11-20(12-14-27)15-19-7-5-4-6-8-19/h4-10,16,20,24,28H,11-15,17H2,1-3H3/p+1/t24-/m1/s1. The number of hydrogen-bond acceptors (Lipinski definition) is 2. The Bertz CT molecular complexity index is 956. The number of aliphatic hydroxyl groups excluding tert-OH is 1. The molecule has 3 aromatic rings. The van der Waals surface area contributed by atoms with Gasteiger partial charge >= 0.3 is 0 Å². The van der Waals surface area contributed by atoms with Gasteiger partial charge < -0.3 is 19.3 Å². The van der Waals surface area contributed by atoms with E-state index in [0.717, 1.165) is 53.5 Å². The van der Waals surface area contributed by atoms with Gasteiger partial charge in [-0.3, -0.25) is 0 Å². The molecule has 1 atom stereocenters. The molecular weight excluding hydrogens is 360 g/mol. The van der Waals surface area contributed by atoms with Gasteiger partial charge in [0.25, 0.3) is 0 Å². The molecule has 0 amide bonds. The molecule has 4 rings (SSSR count). The van der Waals surface area contributed by atoms with Crippen LogP contribution in [-0.2, 0) is 13.5 Å². The van der Waals surface area contributed by atoms with E-state index in [2.05, 4.69) is 61.0 Å². The summed E-state index contributed by atoms with van der Waals surface area (Å²) in [5.41, 5.74) is 4.79. The summed E-state index contributed by atoms with van der Waals surface area (Å²) in [6, 6.07) is 17.0. The Hall–Kier alpha value is -2.30. The average molecular weight is 394 g/mol. The zero-order valence-electron chi connectivity index (χ0n) is 17.8. The van der Waals surface area contributed by atoms with Crippen LogP contribution in [0.25, 0.3) is 10.9 Å². The number of aromatic nitrogens is 1. The fraction of sp³-hybridized carbons (Fsp3) is 0.440. The van der Waals surface area contributed by atoms with E-state index in [1.165, 1.54) is 29.7 Å². The summed E-state index contributed by atoms with van der Waals surface area (Å²) in [6.07, 6.45) is 3.20. The summed E-state index contributed by atoms with van der Waals surface area (Å²) < 4.78 is 7.60. The van der Waals surface area contributed by atoms with Gasteiger partial charge in [-0.2, -0.15) is 0 Å². The normalized spacial score (nSPS) is 20.7. The molecule has 29 heavy (non-hydrogen) atoms. The molecular formula is C25H33N2O2+. The minimum Gasteiger partial charge on any atom is -0.497 e. The fourth-order valence-corrected chi connectivity index (χ4v) is 4.94. The maximum Gasteiger partial charge on any atom is 0.130 e. The maximum absolute atomic E-state index is 11.2. The number of aryl methyl sites for hydroxylation is 1. The molecule has 2 N–H and O–H groups in total. The minimum absolute atomic E-state index is 0.452. The highest BCUT2D eigenvalue weighted by atomic mass is 16.5. The molecule has 0 saturated carbocycles. The Morgan fingerprint density at radius 2 is 1.86 bits per heavy atom. The average Bonchev–Trinajstić information content (AvgIpc) is 3.00. The molecule has 2 aromatic carbocycles. The number of nitrogens with one attached hydrogen (secondary N) is 1. The predicted octanol–water partition coefficient (Wildman–Crippen LogP) is 3.07. The zero-order chi connectivity index (χ0) is 20.4. The van der Waals surface area contributed by atoms with Crippen molar-refractivity contribution in [3.05, 3.63) is 65.4 Å². The molecule has 0 aliphatic carbocycles. The number of rotatable bonds is 6. The summed E-state index contributed by atoms with van der Waals surface area (Å²) in [6.45, 7) is 5.16. The van der Waals surface area contributed by atoms with Gasteiger partial charge in [0, 0.05) is 29.2 Å².